The van der Waals surface area contributed by atoms with Crippen LogP contribution in [-0.2, 0) is 4.74 Å². The SMILES string of the molecule is CC1C=CN=CN1C1CC(C)(CO)C(CO)O1. The minimum atomic E-state index is -0.381. The van der Waals surface area contributed by atoms with E-state index in [1.807, 2.05) is 17.9 Å². The van der Waals surface area contributed by atoms with Crippen molar-refractivity contribution in [3.05, 3.63) is 12.3 Å². The van der Waals surface area contributed by atoms with Crippen LogP contribution in [0.1, 0.15) is 20.3 Å². The number of aliphatic hydroxyl groups is 2. The van der Waals surface area contributed by atoms with Gasteiger partial charge in [-0.2, -0.15) is 0 Å². The lowest BCUT2D eigenvalue weighted by Crippen LogP contribution is -2.41. The van der Waals surface area contributed by atoms with Crippen LogP contribution in [-0.4, -0.2) is 53.0 Å². The van der Waals surface area contributed by atoms with Crippen LogP contribution in [0.15, 0.2) is 17.3 Å². The van der Waals surface area contributed by atoms with Crippen molar-refractivity contribution in [1.29, 1.82) is 0 Å². The molecule has 2 aliphatic heterocycles. The summed E-state index contributed by atoms with van der Waals surface area (Å²) < 4.78 is 5.82. The number of hydrogen-bond donors (Lipinski definition) is 2. The van der Waals surface area contributed by atoms with E-state index in [-0.39, 0.29) is 37.0 Å². The highest BCUT2D eigenvalue weighted by molar-refractivity contribution is 5.58. The number of rotatable bonds is 3. The van der Waals surface area contributed by atoms with Crippen molar-refractivity contribution in [2.24, 2.45) is 10.4 Å². The van der Waals surface area contributed by atoms with Gasteiger partial charge in [0.05, 0.1) is 25.7 Å². The molecule has 1 saturated heterocycles. The maximum Gasteiger partial charge on any atom is 0.132 e. The molecule has 96 valence electrons. The number of aliphatic imine (C=N–C) groups is 1. The van der Waals surface area contributed by atoms with Gasteiger partial charge in [-0.05, 0) is 13.0 Å². The Hall–Kier alpha value is -0.910. The smallest absolute Gasteiger partial charge is 0.132 e. The van der Waals surface area contributed by atoms with Gasteiger partial charge in [-0.1, -0.05) is 6.92 Å². The molecule has 0 bridgehead atoms. The summed E-state index contributed by atoms with van der Waals surface area (Å²) in [6.07, 6.45) is 5.76. The zero-order valence-corrected chi connectivity index (χ0v) is 10.3. The van der Waals surface area contributed by atoms with Crippen LogP contribution < -0.4 is 0 Å². The molecule has 0 saturated carbocycles. The monoisotopic (exact) mass is 240 g/mol. The van der Waals surface area contributed by atoms with Crippen molar-refractivity contribution in [1.82, 2.24) is 4.90 Å². The van der Waals surface area contributed by atoms with Gasteiger partial charge in [-0.25, -0.2) is 4.99 Å². The van der Waals surface area contributed by atoms with Crippen molar-refractivity contribution in [3.8, 4) is 0 Å². The molecule has 4 atom stereocenters. The second-order valence-corrected chi connectivity index (χ2v) is 5.07. The van der Waals surface area contributed by atoms with Gasteiger partial charge in [0.15, 0.2) is 0 Å². The summed E-state index contributed by atoms with van der Waals surface area (Å²) in [5.41, 5.74) is -0.381. The largest absolute Gasteiger partial charge is 0.396 e. The highest BCUT2D eigenvalue weighted by atomic mass is 16.5. The molecule has 0 spiro atoms. The summed E-state index contributed by atoms with van der Waals surface area (Å²) in [4.78, 5) is 6.11. The molecule has 2 N–H and O–H groups in total. The molecule has 2 heterocycles. The first-order chi connectivity index (χ1) is 8.10. The molecule has 0 aromatic heterocycles. The summed E-state index contributed by atoms with van der Waals surface area (Å²) in [5, 5.41) is 18.8. The number of nitrogens with zero attached hydrogens (tertiary/aromatic N) is 2. The standard InChI is InChI=1S/C12H20N2O3/c1-9-3-4-13-8-14(9)11-5-12(2,7-16)10(6-15)17-11/h3-4,8-11,15-16H,5-7H2,1-2H3. The van der Waals surface area contributed by atoms with Crippen molar-refractivity contribution in [3.63, 3.8) is 0 Å². The Labute approximate surface area is 101 Å². The Balaban J connectivity index is 2.10. The van der Waals surface area contributed by atoms with Crippen molar-refractivity contribution < 1.29 is 14.9 Å². The van der Waals surface area contributed by atoms with Crippen LogP contribution >= 0.6 is 0 Å². The van der Waals surface area contributed by atoms with Gasteiger partial charge in [0, 0.05) is 24.1 Å². The fourth-order valence-corrected chi connectivity index (χ4v) is 2.37. The molecule has 17 heavy (non-hydrogen) atoms. The van der Waals surface area contributed by atoms with Crippen LogP contribution in [0.25, 0.3) is 0 Å². The molecule has 0 aromatic rings. The van der Waals surface area contributed by atoms with Crippen LogP contribution in [0, 0.1) is 5.41 Å². The lowest BCUT2D eigenvalue weighted by molar-refractivity contribution is -0.0673. The van der Waals surface area contributed by atoms with E-state index in [0.717, 1.165) is 0 Å². The quantitative estimate of drug-likeness (QED) is 0.746. The summed E-state index contributed by atoms with van der Waals surface area (Å²) >= 11 is 0. The molecule has 0 radical (unpaired) electrons. The van der Waals surface area contributed by atoms with E-state index in [1.165, 1.54) is 0 Å². The molecule has 0 aliphatic carbocycles. The molecule has 0 aromatic carbocycles. The third-order valence-corrected chi connectivity index (χ3v) is 3.72. The normalized spacial score (nSPS) is 41.2. The van der Waals surface area contributed by atoms with Gasteiger partial charge < -0.3 is 19.8 Å². The van der Waals surface area contributed by atoms with E-state index in [4.69, 9.17) is 4.74 Å². The van der Waals surface area contributed by atoms with E-state index >= 15 is 0 Å². The highest BCUT2D eigenvalue weighted by Gasteiger charge is 2.46. The fraction of sp³-hybridized carbons (Fsp3) is 0.750. The van der Waals surface area contributed by atoms with E-state index in [0.29, 0.717) is 6.42 Å². The van der Waals surface area contributed by atoms with Gasteiger partial charge in [-0.3, -0.25) is 0 Å². The van der Waals surface area contributed by atoms with E-state index in [2.05, 4.69) is 11.9 Å². The lowest BCUT2D eigenvalue weighted by Gasteiger charge is -2.32. The molecule has 5 heteroatoms. The third-order valence-electron chi connectivity index (χ3n) is 3.72. The number of aliphatic hydroxyl groups excluding tert-OH is 2. The predicted octanol–water partition coefficient (Wildman–Crippen LogP) is 0.338. The Morgan fingerprint density at radius 1 is 1.53 bits per heavy atom. The Morgan fingerprint density at radius 2 is 2.29 bits per heavy atom. The van der Waals surface area contributed by atoms with Crippen LogP contribution in [0.3, 0.4) is 0 Å². The van der Waals surface area contributed by atoms with Crippen LogP contribution in [0.4, 0.5) is 0 Å². The molecule has 1 fully saturated rings. The minimum Gasteiger partial charge on any atom is -0.396 e. The average molecular weight is 240 g/mol. The van der Waals surface area contributed by atoms with E-state index in [9.17, 15) is 10.2 Å². The Kier molecular flexibility index (Phi) is 3.51. The zero-order valence-electron chi connectivity index (χ0n) is 10.3. The Bertz CT molecular complexity index is 332. The number of hydrogen-bond acceptors (Lipinski definition) is 5. The topological polar surface area (TPSA) is 65.3 Å². The third kappa shape index (κ3) is 2.22. The summed E-state index contributed by atoms with van der Waals surface area (Å²) in [5.74, 6) is 0. The van der Waals surface area contributed by atoms with Gasteiger partial charge in [0.25, 0.3) is 0 Å². The first-order valence-electron chi connectivity index (χ1n) is 5.95. The van der Waals surface area contributed by atoms with Crippen molar-refractivity contribution >= 4 is 6.34 Å². The highest BCUT2D eigenvalue weighted by Crippen LogP contribution is 2.39. The van der Waals surface area contributed by atoms with Crippen molar-refractivity contribution in [2.75, 3.05) is 13.2 Å². The van der Waals surface area contributed by atoms with Gasteiger partial charge in [0.2, 0.25) is 0 Å². The first kappa shape index (κ1) is 12.5. The van der Waals surface area contributed by atoms with Crippen molar-refractivity contribution in [2.45, 2.75) is 38.6 Å². The minimum absolute atomic E-state index is 0.0178. The fourth-order valence-electron chi connectivity index (χ4n) is 2.37. The predicted molar refractivity (Wildman–Crippen MR) is 64.5 cm³/mol. The molecule has 2 rings (SSSR count). The first-order valence-corrected chi connectivity index (χ1v) is 5.95. The summed E-state index contributed by atoms with van der Waals surface area (Å²) in [6, 6.07) is 0.220. The van der Waals surface area contributed by atoms with Gasteiger partial charge in [-0.15, -0.1) is 0 Å². The van der Waals surface area contributed by atoms with Crippen LogP contribution in [0.5, 0.6) is 0 Å². The molecule has 5 nitrogen and oxygen atoms in total. The molecular weight excluding hydrogens is 220 g/mol. The van der Waals surface area contributed by atoms with E-state index < -0.39 is 0 Å². The molecular formula is C12H20N2O3. The van der Waals surface area contributed by atoms with Gasteiger partial charge in [0.1, 0.15) is 6.23 Å². The molecule has 4 unspecified atom stereocenters. The maximum atomic E-state index is 9.45. The average Bonchev–Trinajstić information content (AvgIpc) is 2.68. The maximum absolute atomic E-state index is 9.45. The Morgan fingerprint density at radius 3 is 2.82 bits per heavy atom. The summed E-state index contributed by atoms with van der Waals surface area (Å²) in [6.45, 7) is 3.95. The molecule has 2 aliphatic rings. The second kappa shape index (κ2) is 4.76. The van der Waals surface area contributed by atoms with Crippen LogP contribution in [0.2, 0.25) is 0 Å². The molecule has 0 amide bonds. The second-order valence-electron chi connectivity index (χ2n) is 5.07. The zero-order chi connectivity index (χ0) is 12.5. The lowest BCUT2D eigenvalue weighted by atomic mass is 9.83. The van der Waals surface area contributed by atoms with Gasteiger partial charge >= 0.3 is 0 Å². The van der Waals surface area contributed by atoms with E-state index in [1.54, 1.807) is 12.5 Å². The summed E-state index contributed by atoms with van der Waals surface area (Å²) in [7, 11) is 0. The number of ether oxygens (including phenoxy) is 1.